The van der Waals surface area contributed by atoms with Crippen molar-refractivity contribution in [2.75, 3.05) is 40.0 Å². The van der Waals surface area contributed by atoms with Gasteiger partial charge in [-0.1, -0.05) is 13.8 Å². The van der Waals surface area contributed by atoms with Gasteiger partial charge >= 0.3 is 0 Å². The SMILES string of the molecule is CCN(CC1(C)COCC1N)C(C)COC. The van der Waals surface area contributed by atoms with E-state index in [9.17, 15) is 0 Å². The zero-order valence-electron chi connectivity index (χ0n) is 11.0. The van der Waals surface area contributed by atoms with Crippen LogP contribution in [0.15, 0.2) is 0 Å². The molecule has 0 aromatic carbocycles. The van der Waals surface area contributed by atoms with Crippen molar-refractivity contribution >= 4 is 0 Å². The number of methoxy groups -OCH3 is 1. The fourth-order valence-corrected chi connectivity index (χ4v) is 2.28. The third-order valence-electron chi connectivity index (χ3n) is 3.63. The third-order valence-corrected chi connectivity index (χ3v) is 3.63. The Morgan fingerprint density at radius 2 is 2.31 bits per heavy atom. The molecule has 0 bridgehead atoms. The average molecular weight is 230 g/mol. The number of rotatable bonds is 6. The maximum atomic E-state index is 6.11. The fourth-order valence-electron chi connectivity index (χ4n) is 2.28. The predicted octanol–water partition coefficient (Wildman–Crippen LogP) is 0.707. The molecule has 1 fully saturated rings. The Kier molecular flexibility index (Phi) is 5.18. The van der Waals surface area contributed by atoms with E-state index in [0.29, 0.717) is 12.6 Å². The maximum Gasteiger partial charge on any atom is 0.0624 e. The van der Waals surface area contributed by atoms with Gasteiger partial charge in [0.2, 0.25) is 0 Å². The summed E-state index contributed by atoms with van der Waals surface area (Å²) in [5.41, 5.74) is 6.19. The molecule has 0 aliphatic carbocycles. The van der Waals surface area contributed by atoms with Crippen LogP contribution >= 0.6 is 0 Å². The van der Waals surface area contributed by atoms with Crippen molar-refractivity contribution in [3.05, 3.63) is 0 Å². The number of hydrogen-bond acceptors (Lipinski definition) is 4. The number of ether oxygens (including phenoxy) is 2. The molecular formula is C12H26N2O2. The van der Waals surface area contributed by atoms with Crippen molar-refractivity contribution in [3.63, 3.8) is 0 Å². The Morgan fingerprint density at radius 3 is 2.75 bits per heavy atom. The van der Waals surface area contributed by atoms with E-state index in [1.807, 2.05) is 0 Å². The summed E-state index contributed by atoms with van der Waals surface area (Å²) >= 11 is 0. The lowest BCUT2D eigenvalue weighted by Crippen LogP contribution is -2.50. The van der Waals surface area contributed by atoms with Crippen LogP contribution in [0.5, 0.6) is 0 Å². The van der Waals surface area contributed by atoms with Crippen LogP contribution in [0.4, 0.5) is 0 Å². The lowest BCUT2D eigenvalue weighted by molar-refractivity contribution is 0.0612. The van der Waals surface area contributed by atoms with E-state index in [0.717, 1.165) is 26.3 Å². The van der Waals surface area contributed by atoms with Gasteiger partial charge in [-0.3, -0.25) is 4.90 Å². The van der Waals surface area contributed by atoms with E-state index in [4.69, 9.17) is 15.2 Å². The second-order valence-corrected chi connectivity index (χ2v) is 5.14. The molecule has 3 atom stereocenters. The zero-order chi connectivity index (χ0) is 12.2. The van der Waals surface area contributed by atoms with Crippen LogP contribution in [-0.4, -0.2) is 57.0 Å². The van der Waals surface area contributed by atoms with E-state index in [1.54, 1.807) is 7.11 Å². The van der Waals surface area contributed by atoms with Gasteiger partial charge in [0.1, 0.15) is 0 Å². The molecule has 0 amide bonds. The molecule has 0 radical (unpaired) electrons. The smallest absolute Gasteiger partial charge is 0.0624 e. The van der Waals surface area contributed by atoms with Crippen molar-refractivity contribution in [3.8, 4) is 0 Å². The van der Waals surface area contributed by atoms with Gasteiger partial charge in [0.05, 0.1) is 19.8 Å². The van der Waals surface area contributed by atoms with E-state index >= 15 is 0 Å². The van der Waals surface area contributed by atoms with Crippen molar-refractivity contribution in [2.45, 2.75) is 32.9 Å². The summed E-state index contributed by atoms with van der Waals surface area (Å²) in [6, 6.07) is 0.580. The molecule has 3 unspecified atom stereocenters. The van der Waals surface area contributed by atoms with Crippen LogP contribution in [0.3, 0.4) is 0 Å². The largest absolute Gasteiger partial charge is 0.383 e. The lowest BCUT2D eigenvalue weighted by Gasteiger charge is -2.36. The molecule has 0 aromatic heterocycles. The quantitative estimate of drug-likeness (QED) is 0.730. The van der Waals surface area contributed by atoms with Crippen LogP contribution in [0.2, 0.25) is 0 Å². The minimum absolute atomic E-state index is 0.0814. The van der Waals surface area contributed by atoms with Crippen LogP contribution in [-0.2, 0) is 9.47 Å². The molecule has 4 nitrogen and oxygen atoms in total. The van der Waals surface area contributed by atoms with E-state index in [1.165, 1.54) is 0 Å². The minimum Gasteiger partial charge on any atom is -0.383 e. The number of likely N-dealkylation sites (N-methyl/N-ethyl adjacent to an activating group) is 1. The minimum atomic E-state index is 0.0814. The lowest BCUT2D eigenvalue weighted by atomic mass is 9.85. The molecular weight excluding hydrogens is 204 g/mol. The standard InChI is InChI=1S/C12H26N2O2/c1-5-14(10(2)6-15-4)8-12(3)9-16-7-11(12)13/h10-11H,5-9,13H2,1-4H3. The average Bonchev–Trinajstić information content (AvgIpc) is 2.56. The van der Waals surface area contributed by atoms with Crippen molar-refractivity contribution in [2.24, 2.45) is 11.1 Å². The summed E-state index contributed by atoms with van der Waals surface area (Å²) < 4.78 is 10.7. The topological polar surface area (TPSA) is 47.7 Å². The summed E-state index contributed by atoms with van der Waals surface area (Å²) in [5, 5.41) is 0. The van der Waals surface area contributed by atoms with Gasteiger partial charge in [0, 0.05) is 31.2 Å². The van der Waals surface area contributed by atoms with Gasteiger partial charge in [-0.25, -0.2) is 0 Å². The highest BCUT2D eigenvalue weighted by molar-refractivity contribution is 4.93. The Bertz CT molecular complexity index is 213. The van der Waals surface area contributed by atoms with Gasteiger partial charge in [0.15, 0.2) is 0 Å². The molecule has 0 saturated carbocycles. The van der Waals surface area contributed by atoms with E-state index < -0.39 is 0 Å². The Labute approximate surface area is 99.1 Å². The van der Waals surface area contributed by atoms with Crippen molar-refractivity contribution in [1.29, 1.82) is 0 Å². The molecule has 4 heteroatoms. The second kappa shape index (κ2) is 5.96. The zero-order valence-corrected chi connectivity index (χ0v) is 11.0. The van der Waals surface area contributed by atoms with E-state index in [2.05, 4.69) is 25.7 Å². The molecule has 1 aliphatic rings. The van der Waals surface area contributed by atoms with Gasteiger partial charge in [-0.15, -0.1) is 0 Å². The first-order chi connectivity index (χ1) is 7.53. The number of nitrogens with zero attached hydrogens (tertiary/aromatic N) is 1. The summed E-state index contributed by atoms with van der Waals surface area (Å²) in [6.07, 6.45) is 0. The normalized spacial score (nSPS) is 32.2. The van der Waals surface area contributed by atoms with Gasteiger partial charge in [-0.2, -0.15) is 0 Å². The molecule has 1 heterocycles. The molecule has 0 spiro atoms. The summed E-state index contributed by atoms with van der Waals surface area (Å²) in [6.45, 7) is 10.8. The first-order valence-electron chi connectivity index (χ1n) is 6.09. The van der Waals surface area contributed by atoms with Crippen LogP contribution in [0, 0.1) is 5.41 Å². The van der Waals surface area contributed by atoms with Gasteiger partial charge < -0.3 is 15.2 Å². The Balaban J connectivity index is 2.55. The Hall–Kier alpha value is -0.160. The highest BCUT2D eigenvalue weighted by atomic mass is 16.5. The first-order valence-corrected chi connectivity index (χ1v) is 6.09. The van der Waals surface area contributed by atoms with Crippen molar-refractivity contribution in [1.82, 2.24) is 4.90 Å². The molecule has 1 rings (SSSR count). The van der Waals surface area contributed by atoms with Crippen LogP contribution in [0.25, 0.3) is 0 Å². The van der Waals surface area contributed by atoms with Gasteiger partial charge in [0.25, 0.3) is 0 Å². The third kappa shape index (κ3) is 3.17. The Morgan fingerprint density at radius 1 is 1.62 bits per heavy atom. The molecule has 0 aromatic rings. The van der Waals surface area contributed by atoms with E-state index in [-0.39, 0.29) is 11.5 Å². The van der Waals surface area contributed by atoms with Gasteiger partial charge in [-0.05, 0) is 13.5 Å². The summed E-state index contributed by atoms with van der Waals surface area (Å²) in [5.74, 6) is 0. The highest BCUT2D eigenvalue weighted by Crippen LogP contribution is 2.28. The second-order valence-electron chi connectivity index (χ2n) is 5.14. The molecule has 96 valence electrons. The van der Waals surface area contributed by atoms with Crippen LogP contribution < -0.4 is 5.73 Å². The van der Waals surface area contributed by atoms with Crippen molar-refractivity contribution < 1.29 is 9.47 Å². The summed E-state index contributed by atoms with van der Waals surface area (Å²) in [4.78, 5) is 2.41. The maximum absolute atomic E-state index is 6.11. The monoisotopic (exact) mass is 230 g/mol. The fraction of sp³-hybridized carbons (Fsp3) is 1.00. The first kappa shape index (κ1) is 13.9. The van der Waals surface area contributed by atoms with Crippen LogP contribution in [0.1, 0.15) is 20.8 Å². The molecule has 1 aliphatic heterocycles. The predicted molar refractivity (Wildman–Crippen MR) is 65.5 cm³/mol. The summed E-state index contributed by atoms with van der Waals surface area (Å²) in [7, 11) is 1.75. The number of hydrogen-bond donors (Lipinski definition) is 1. The highest BCUT2D eigenvalue weighted by Gasteiger charge is 2.39. The molecule has 1 saturated heterocycles. The molecule has 2 N–H and O–H groups in total. The number of nitrogens with two attached hydrogens (primary N) is 1. The molecule has 16 heavy (non-hydrogen) atoms.